The fourth-order valence-electron chi connectivity index (χ4n) is 7.36. The summed E-state index contributed by atoms with van der Waals surface area (Å²) in [4.78, 5) is 39.3. The first kappa shape index (κ1) is 50.8. The maximum absolute atomic E-state index is 13.5. The molecule has 1 amide bonds. The molecule has 3 unspecified atom stereocenters. The minimum Gasteiger partial charge on any atom is -0.497 e. The van der Waals surface area contributed by atoms with Gasteiger partial charge >= 0.3 is 17.8 Å². The fraction of sp³-hybridized carbons (Fsp3) is 0.467. The molecule has 0 saturated carbocycles. The Morgan fingerprint density at radius 1 is 0.862 bits per heavy atom. The second-order valence-electron chi connectivity index (χ2n) is 15.2. The summed E-state index contributed by atoms with van der Waals surface area (Å²) < 4.78 is 91.7. The molecule has 352 valence electrons. The molecule has 5 atom stereocenters. The van der Waals surface area contributed by atoms with Gasteiger partial charge in [-0.2, -0.15) is 18.4 Å². The maximum atomic E-state index is 13.5. The lowest BCUT2D eigenvalue weighted by atomic mass is 9.80. The van der Waals surface area contributed by atoms with Gasteiger partial charge in [0.25, 0.3) is 14.1 Å². The number of aromatic amines is 1. The van der Waals surface area contributed by atoms with Crippen LogP contribution in [0.25, 0.3) is 0 Å². The first-order valence-corrected chi connectivity index (χ1v) is 22.0. The van der Waals surface area contributed by atoms with Crippen molar-refractivity contribution >= 4 is 14.4 Å². The normalized spacial score (nSPS) is 18.2. The molecule has 0 spiro atoms. The average molecular weight is 930 g/mol. The highest BCUT2D eigenvalue weighted by Crippen LogP contribution is 2.51. The van der Waals surface area contributed by atoms with Crippen molar-refractivity contribution in [2.45, 2.75) is 82.5 Å². The van der Waals surface area contributed by atoms with Gasteiger partial charge in [0.2, 0.25) is 0 Å². The molecule has 1 aliphatic rings. The molecule has 1 aromatic heterocycles. The van der Waals surface area contributed by atoms with E-state index in [1.807, 2.05) is 111 Å². The maximum Gasteiger partial charge on any atom is 0.471 e. The van der Waals surface area contributed by atoms with E-state index in [9.17, 15) is 32.8 Å². The van der Waals surface area contributed by atoms with Crippen LogP contribution >= 0.6 is 8.53 Å². The SMILES string of the molecule is COc1ccc(C(OC[C@@H]2O[C@H](n3ccc(=O)[nH]c3=O)C(OCCOCCNC(=O)C(F)(F)F)C2OP(OCCC#N)N(C(C)C)C(C)C)(c2ccccc2)c2ccc(OC)cc2)cc1. The van der Waals surface area contributed by atoms with Gasteiger partial charge in [-0.05, 0) is 68.7 Å². The monoisotopic (exact) mass is 929 g/mol. The molecule has 4 aromatic rings. The predicted molar refractivity (Wildman–Crippen MR) is 233 cm³/mol. The van der Waals surface area contributed by atoms with Crippen molar-refractivity contribution in [2.24, 2.45) is 0 Å². The number of alkyl halides is 3. The van der Waals surface area contributed by atoms with E-state index in [1.165, 1.54) is 6.20 Å². The van der Waals surface area contributed by atoms with E-state index in [2.05, 4.69) is 11.1 Å². The van der Waals surface area contributed by atoms with E-state index in [-0.39, 0.29) is 51.5 Å². The number of methoxy groups -OCH3 is 2. The number of carbonyl (C=O) groups excluding carboxylic acids is 1. The summed E-state index contributed by atoms with van der Waals surface area (Å²) in [5.41, 5.74) is -0.566. The highest BCUT2D eigenvalue weighted by molar-refractivity contribution is 7.44. The lowest BCUT2D eigenvalue weighted by molar-refractivity contribution is -0.173. The number of nitrogens with one attached hydrogen (secondary N) is 2. The third-order valence-corrected chi connectivity index (χ3v) is 12.4. The van der Waals surface area contributed by atoms with Crippen LogP contribution in [0.4, 0.5) is 13.2 Å². The van der Waals surface area contributed by atoms with E-state index < -0.39 is 68.5 Å². The number of benzene rings is 3. The van der Waals surface area contributed by atoms with Crippen molar-refractivity contribution in [3.05, 3.63) is 129 Å². The molecule has 16 nitrogen and oxygen atoms in total. The molecule has 3 aromatic carbocycles. The van der Waals surface area contributed by atoms with Gasteiger partial charge in [-0.1, -0.05) is 54.6 Å². The zero-order chi connectivity index (χ0) is 47.1. The number of hydrogen-bond donors (Lipinski definition) is 2. The number of ether oxygens (including phenoxy) is 6. The Hall–Kier alpha value is -5.16. The van der Waals surface area contributed by atoms with E-state index in [0.717, 1.165) is 27.3 Å². The van der Waals surface area contributed by atoms with Crippen LogP contribution in [0.2, 0.25) is 0 Å². The lowest BCUT2D eigenvalue weighted by Gasteiger charge is -2.39. The second kappa shape index (κ2) is 23.9. The average Bonchev–Trinajstić information content (AvgIpc) is 3.61. The van der Waals surface area contributed by atoms with Crippen LogP contribution in [0, 0.1) is 11.3 Å². The molecule has 2 N–H and O–H groups in total. The first-order chi connectivity index (χ1) is 31.1. The van der Waals surface area contributed by atoms with Crippen LogP contribution in [0.15, 0.2) is 101 Å². The Kier molecular flexibility index (Phi) is 18.7. The number of H-pyrrole nitrogens is 1. The standard InChI is InChI=1S/C45H55F3N5O11P/c1-30(2)53(31(3)4)65(62-25-10-22-49)64-39-37(63-41(52-24-21-38(54)51-43(52)56)40(39)60-28-27-59-26-23-50-42(55)45(46,47)48)29-61-44(32-11-8-7-9-12-32,33-13-17-35(57-5)18-14-33)34-15-19-36(58-6)20-16-34/h7-9,11-21,24,30-31,37,39-41H,10,23,25-29H2,1-6H3,(H,50,55)(H,51,54,56)/t37-,39?,40?,41-,65?/m0/s1. The van der Waals surface area contributed by atoms with Crippen LogP contribution < -0.4 is 26.0 Å². The Morgan fingerprint density at radius 2 is 1.46 bits per heavy atom. The lowest BCUT2D eigenvalue weighted by Crippen LogP contribution is -2.44. The zero-order valence-electron chi connectivity index (χ0n) is 37.0. The molecule has 0 radical (unpaired) electrons. The van der Waals surface area contributed by atoms with Gasteiger partial charge in [-0.3, -0.25) is 19.1 Å². The highest BCUT2D eigenvalue weighted by atomic mass is 31.2. The van der Waals surface area contributed by atoms with Crippen molar-refractivity contribution in [1.29, 1.82) is 5.26 Å². The number of aromatic nitrogens is 2. The molecule has 0 aliphatic carbocycles. The van der Waals surface area contributed by atoms with Gasteiger partial charge in [0.15, 0.2) is 6.23 Å². The van der Waals surface area contributed by atoms with Crippen LogP contribution in [-0.2, 0) is 38.4 Å². The quantitative estimate of drug-likeness (QED) is 0.0460. The molecule has 1 aliphatic heterocycles. The van der Waals surface area contributed by atoms with Gasteiger partial charge < -0.3 is 42.8 Å². The molecule has 1 fully saturated rings. The molecular weight excluding hydrogens is 874 g/mol. The summed E-state index contributed by atoms with van der Waals surface area (Å²) >= 11 is 0. The largest absolute Gasteiger partial charge is 0.497 e. The number of halogens is 3. The molecule has 1 saturated heterocycles. The van der Waals surface area contributed by atoms with Crippen LogP contribution in [-0.4, -0.2) is 110 Å². The minimum atomic E-state index is -5.04. The molecule has 65 heavy (non-hydrogen) atoms. The molecule has 0 bridgehead atoms. The van der Waals surface area contributed by atoms with Gasteiger partial charge in [-0.25, -0.2) is 9.46 Å². The van der Waals surface area contributed by atoms with Crippen molar-refractivity contribution in [1.82, 2.24) is 19.5 Å². The van der Waals surface area contributed by atoms with Crippen molar-refractivity contribution in [2.75, 3.05) is 53.8 Å². The van der Waals surface area contributed by atoms with Crippen LogP contribution in [0.3, 0.4) is 0 Å². The molecule has 2 heterocycles. The highest BCUT2D eigenvalue weighted by Gasteiger charge is 2.51. The van der Waals surface area contributed by atoms with E-state index in [1.54, 1.807) is 19.5 Å². The molecule has 5 rings (SSSR count). The third-order valence-electron chi connectivity index (χ3n) is 10.2. The number of nitrogens with zero attached hydrogens (tertiary/aromatic N) is 3. The predicted octanol–water partition coefficient (Wildman–Crippen LogP) is 6.20. The first-order valence-electron chi connectivity index (χ1n) is 20.9. The minimum absolute atomic E-state index is 0.0337. The van der Waals surface area contributed by atoms with E-state index >= 15 is 0 Å². The number of nitriles is 1. The number of rotatable bonds is 24. The molecule has 20 heteroatoms. The topological polar surface area (TPSA) is 185 Å². The summed E-state index contributed by atoms with van der Waals surface area (Å²) in [6.07, 6.45) is -8.21. The second-order valence-corrected chi connectivity index (χ2v) is 16.6. The fourth-order valence-corrected chi connectivity index (χ4v) is 9.13. The van der Waals surface area contributed by atoms with E-state index in [4.69, 9.17) is 37.5 Å². The number of amides is 1. The summed E-state index contributed by atoms with van der Waals surface area (Å²) in [5.74, 6) is -0.859. The van der Waals surface area contributed by atoms with Crippen LogP contribution in [0.5, 0.6) is 11.5 Å². The van der Waals surface area contributed by atoms with Gasteiger partial charge in [0, 0.05) is 30.9 Å². The third kappa shape index (κ3) is 13.0. The Bertz CT molecular complexity index is 2200. The van der Waals surface area contributed by atoms with E-state index in [0.29, 0.717) is 11.5 Å². The zero-order valence-corrected chi connectivity index (χ0v) is 37.9. The Balaban J connectivity index is 1.60. The summed E-state index contributed by atoms with van der Waals surface area (Å²) in [7, 11) is 1.17. The van der Waals surface area contributed by atoms with Crippen molar-refractivity contribution in [3.8, 4) is 17.6 Å². The Morgan fingerprint density at radius 3 is 2.00 bits per heavy atom. The van der Waals surface area contributed by atoms with Gasteiger partial charge in [0.05, 0.1) is 59.7 Å². The number of hydrogen-bond acceptors (Lipinski definition) is 13. The van der Waals surface area contributed by atoms with Crippen molar-refractivity contribution in [3.63, 3.8) is 0 Å². The van der Waals surface area contributed by atoms with Crippen LogP contribution in [0.1, 0.15) is 57.0 Å². The Labute approximate surface area is 376 Å². The number of carbonyl (C=O) groups is 1. The van der Waals surface area contributed by atoms with Gasteiger partial charge in [-0.15, -0.1) is 0 Å². The van der Waals surface area contributed by atoms with Crippen molar-refractivity contribution < 1.29 is 55.4 Å². The summed E-state index contributed by atoms with van der Waals surface area (Å²) in [6, 6.07) is 27.5. The molecular formula is C45H55F3N5O11P. The smallest absolute Gasteiger partial charge is 0.471 e. The summed E-state index contributed by atoms with van der Waals surface area (Å²) in [6.45, 7) is 6.72. The summed E-state index contributed by atoms with van der Waals surface area (Å²) in [5, 5.41) is 11.2. The van der Waals surface area contributed by atoms with Gasteiger partial charge in [0.1, 0.15) is 35.4 Å².